The van der Waals surface area contributed by atoms with E-state index in [1.807, 2.05) is 5.38 Å². The number of likely N-dealkylation sites (N-methyl/N-ethyl adjacent to an activating group) is 1. The number of rotatable bonds is 5. The number of nitrogens with one attached hydrogen (secondary N) is 1. The molecule has 0 aliphatic rings. The number of hydrogen-bond donors (Lipinski definition) is 1. The quantitative estimate of drug-likeness (QED) is 0.885. The molecule has 0 amide bonds. The molecule has 0 radical (unpaired) electrons. The van der Waals surface area contributed by atoms with Crippen LogP contribution in [0.2, 0.25) is 0 Å². The summed E-state index contributed by atoms with van der Waals surface area (Å²) < 4.78 is 0. The van der Waals surface area contributed by atoms with Crippen molar-refractivity contribution in [1.82, 2.24) is 14.9 Å². The number of hydrogen-bond acceptors (Lipinski definition) is 5. The summed E-state index contributed by atoms with van der Waals surface area (Å²) in [5, 5.41) is 6.54. The fraction of sp³-hybridized carbons (Fsp3) is 0.500. The minimum absolute atomic E-state index is 0.573. The zero-order chi connectivity index (χ0) is 12.3. The number of aromatic nitrogens is 2. The van der Waals surface area contributed by atoms with Gasteiger partial charge < -0.3 is 10.2 Å². The van der Waals surface area contributed by atoms with E-state index in [1.54, 1.807) is 17.7 Å². The molecule has 0 spiro atoms. The average Bonchev–Trinajstić information content (AvgIpc) is 2.77. The van der Waals surface area contributed by atoms with Gasteiger partial charge in [0.05, 0.1) is 5.39 Å². The first-order chi connectivity index (χ1) is 8.18. The zero-order valence-corrected chi connectivity index (χ0v) is 11.3. The Morgan fingerprint density at radius 1 is 1.41 bits per heavy atom. The molecule has 2 rings (SSSR count). The second kappa shape index (κ2) is 5.42. The predicted molar refractivity (Wildman–Crippen MR) is 73.7 cm³/mol. The maximum absolute atomic E-state index is 4.29. The van der Waals surface area contributed by atoms with Crippen molar-refractivity contribution >= 4 is 27.4 Å². The zero-order valence-electron chi connectivity index (χ0n) is 10.5. The van der Waals surface area contributed by atoms with Gasteiger partial charge in [0.2, 0.25) is 0 Å². The van der Waals surface area contributed by atoms with Crippen LogP contribution in [0, 0.1) is 0 Å². The van der Waals surface area contributed by atoms with Crippen molar-refractivity contribution in [2.75, 3.05) is 25.5 Å². The topological polar surface area (TPSA) is 41.0 Å². The summed E-state index contributed by atoms with van der Waals surface area (Å²) in [6.07, 6.45) is 1.62. The minimum Gasteiger partial charge on any atom is -0.368 e. The summed E-state index contributed by atoms with van der Waals surface area (Å²) >= 11 is 1.64. The number of nitrogens with zero attached hydrogens (tertiary/aromatic N) is 3. The highest BCUT2D eigenvalue weighted by Crippen LogP contribution is 2.23. The average molecular weight is 250 g/mol. The van der Waals surface area contributed by atoms with Gasteiger partial charge in [0, 0.05) is 19.1 Å². The Labute approximate surface area is 106 Å². The molecule has 0 saturated carbocycles. The molecule has 17 heavy (non-hydrogen) atoms. The van der Waals surface area contributed by atoms with Gasteiger partial charge in [0.15, 0.2) is 0 Å². The summed E-state index contributed by atoms with van der Waals surface area (Å²) in [6.45, 7) is 6.30. The molecule has 0 aromatic carbocycles. The normalized spacial score (nSPS) is 11.6. The van der Waals surface area contributed by atoms with Gasteiger partial charge in [0.1, 0.15) is 17.0 Å². The van der Waals surface area contributed by atoms with Crippen molar-refractivity contribution in [3.05, 3.63) is 17.8 Å². The number of fused-ring (bicyclic) bond motifs is 1. The molecule has 4 nitrogen and oxygen atoms in total. The predicted octanol–water partition coefficient (Wildman–Crippen LogP) is 2.44. The molecule has 0 saturated heterocycles. The van der Waals surface area contributed by atoms with Crippen LogP contribution in [0.4, 0.5) is 5.82 Å². The largest absolute Gasteiger partial charge is 0.368 e. The van der Waals surface area contributed by atoms with Gasteiger partial charge in [-0.3, -0.25) is 0 Å². The van der Waals surface area contributed by atoms with Gasteiger partial charge >= 0.3 is 0 Å². The molecular formula is C12H18N4S. The lowest BCUT2D eigenvalue weighted by Crippen LogP contribution is -2.31. The van der Waals surface area contributed by atoms with Gasteiger partial charge in [-0.2, -0.15) is 0 Å². The van der Waals surface area contributed by atoms with Gasteiger partial charge in [-0.15, -0.1) is 11.3 Å². The molecule has 2 heterocycles. The fourth-order valence-electron chi connectivity index (χ4n) is 1.54. The molecule has 2 aromatic heterocycles. The fourth-order valence-corrected chi connectivity index (χ4v) is 2.27. The van der Waals surface area contributed by atoms with Crippen molar-refractivity contribution in [2.24, 2.45) is 0 Å². The Morgan fingerprint density at radius 3 is 3.00 bits per heavy atom. The van der Waals surface area contributed by atoms with Crippen molar-refractivity contribution in [2.45, 2.75) is 19.9 Å². The summed E-state index contributed by atoms with van der Waals surface area (Å²) in [5.41, 5.74) is 0. The smallest absolute Gasteiger partial charge is 0.138 e. The van der Waals surface area contributed by atoms with Gasteiger partial charge in [-0.1, -0.05) is 0 Å². The van der Waals surface area contributed by atoms with Crippen LogP contribution in [0.25, 0.3) is 10.2 Å². The van der Waals surface area contributed by atoms with Crippen LogP contribution in [0.3, 0.4) is 0 Å². The molecule has 92 valence electrons. The molecular weight excluding hydrogens is 232 g/mol. The SMILES string of the molecule is CC(C)N(C)CCNc1ncnc2sccc12. The van der Waals surface area contributed by atoms with Crippen molar-refractivity contribution < 1.29 is 0 Å². The maximum Gasteiger partial charge on any atom is 0.138 e. The third-order valence-electron chi connectivity index (χ3n) is 2.90. The third kappa shape index (κ3) is 2.92. The van der Waals surface area contributed by atoms with Gasteiger partial charge in [-0.05, 0) is 32.3 Å². The van der Waals surface area contributed by atoms with Gasteiger partial charge in [0.25, 0.3) is 0 Å². The summed E-state index contributed by atoms with van der Waals surface area (Å²) in [5.74, 6) is 0.938. The van der Waals surface area contributed by atoms with Gasteiger partial charge in [-0.25, -0.2) is 9.97 Å². The van der Waals surface area contributed by atoms with Crippen LogP contribution in [0.5, 0.6) is 0 Å². The molecule has 1 N–H and O–H groups in total. The third-order valence-corrected chi connectivity index (χ3v) is 3.72. The lowest BCUT2D eigenvalue weighted by Gasteiger charge is -2.21. The van der Waals surface area contributed by atoms with E-state index in [2.05, 4.69) is 47.1 Å². The van der Waals surface area contributed by atoms with E-state index in [1.165, 1.54) is 0 Å². The molecule has 0 unspecified atom stereocenters. The number of thiophene rings is 1. The molecule has 5 heteroatoms. The molecule has 2 aromatic rings. The molecule has 0 aliphatic carbocycles. The minimum atomic E-state index is 0.573. The van der Waals surface area contributed by atoms with Crippen molar-refractivity contribution in [1.29, 1.82) is 0 Å². The van der Waals surface area contributed by atoms with E-state index >= 15 is 0 Å². The first-order valence-corrected chi connectivity index (χ1v) is 6.68. The monoisotopic (exact) mass is 250 g/mol. The molecule has 0 bridgehead atoms. The van der Waals surface area contributed by atoms with Crippen LogP contribution in [0.15, 0.2) is 17.8 Å². The summed E-state index contributed by atoms with van der Waals surface area (Å²) in [7, 11) is 2.13. The van der Waals surface area contributed by atoms with E-state index in [4.69, 9.17) is 0 Å². The summed E-state index contributed by atoms with van der Waals surface area (Å²) in [6, 6.07) is 2.64. The van der Waals surface area contributed by atoms with E-state index < -0.39 is 0 Å². The highest BCUT2D eigenvalue weighted by Gasteiger charge is 2.05. The van der Waals surface area contributed by atoms with E-state index in [9.17, 15) is 0 Å². The Bertz CT molecular complexity index is 480. The standard InChI is InChI=1S/C12H18N4S/c1-9(2)16(3)6-5-13-11-10-4-7-17-12(10)15-8-14-11/h4,7-9H,5-6H2,1-3H3,(H,13,14,15). The molecule has 0 atom stereocenters. The maximum atomic E-state index is 4.29. The van der Waals surface area contributed by atoms with Crippen molar-refractivity contribution in [3.63, 3.8) is 0 Å². The lowest BCUT2D eigenvalue weighted by molar-refractivity contribution is 0.284. The Morgan fingerprint density at radius 2 is 2.24 bits per heavy atom. The first-order valence-electron chi connectivity index (χ1n) is 5.81. The Kier molecular flexibility index (Phi) is 3.91. The highest BCUT2D eigenvalue weighted by molar-refractivity contribution is 7.16. The van der Waals surface area contributed by atoms with Crippen LogP contribution in [-0.2, 0) is 0 Å². The van der Waals surface area contributed by atoms with Crippen molar-refractivity contribution in [3.8, 4) is 0 Å². The van der Waals surface area contributed by atoms with E-state index in [0.29, 0.717) is 6.04 Å². The first kappa shape index (κ1) is 12.3. The second-order valence-electron chi connectivity index (χ2n) is 4.36. The Hall–Kier alpha value is -1.20. The van der Waals surface area contributed by atoms with E-state index in [-0.39, 0.29) is 0 Å². The number of anilines is 1. The second-order valence-corrected chi connectivity index (χ2v) is 5.26. The van der Waals surface area contributed by atoms with Crippen LogP contribution >= 0.6 is 11.3 Å². The summed E-state index contributed by atoms with van der Waals surface area (Å²) in [4.78, 5) is 11.9. The van der Waals surface area contributed by atoms with Crippen LogP contribution in [0.1, 0.15) is 13.8 Å². The van der Waals surface area contributed by atoms with Crippen LogP contribution in [-0.4, -0.2) is 41.0 Å². The molecule has 0 aliphatic heterocycles. The Balaban J connectivity index is 1.97. The van der Waals surface area contributed by atoms with Crippen LogP contribution < -0.4 is 5.32 Å². The lowest BCUT2D eigenvalue weighted by atomic mass is 10.3. The highest BCUT2D eigenvalue weighted by atomic mass is 32.1. The van der Waals surface area contributed by atoms with E-state index in [0.717, 1.165) is 29.1 Å². The molecule has 0 fully saturated rings.